The summed E-state index contributed by atoms with van der Waals surface area (Å²) in [7, 11) is 1.90. The van der Waals surface area contributed by atoms with Gasteiger partial charge in [0.1, 0.15) is 5.82 Å². The molecule has 0 bridgehead atoms. The summed E-state index contributed by atoms with van der Waals surface area (Å²) in [6.07, 6.45) is 3.25. The fourth-order valence-corrected chi connectivity index (χ4v) is 2.84. The normalized spacial score (nSPS) is 19.8. The smallest absolute Gasteiger partial charge is 0.128 e. The molecule has 1 fully saturated rings. The highest BCUT2D eigenvalue weighted by atomic mass is 35.5. The van der Waals surface area contributed by atoms with E-state index < -0.39 is 0 Å². The lowest BCUT2D eigenvalue weighted by Gasteiger charge is -2.46. The molecule has 2 rings (SSSR count). The van der Waals surface area contributed by atoms with E-state index in [0.29, 0.717) is 10.6 Å². The molecule has 1 saturated carbocycles. The lowest BCUT2D eigenvalue weighted by molar-refractivity contribution is 0.0930. The van der Waals surface area contributed by atoms with E-state index >= 15 is 0 Å². The Labute approximate surface area is 106 Å². The van der Waals surface area contributed by atoms with Crippen molar-refractivity contribution in [1.29, 1.82) is 0 Å². The average Bonchev–Trinajstić information content (AvgIpc) is 2.26. The summed E-state index contributed by atoms with van der Waals surface area (Å²) in [5, 5.41) is 3.70. The molecule has 0 spiro atoms. The molecular formula is C13H18ClFN2. The molecule has 1 unspecified atom stereocenters. The topological polar surface area (TPSA) is 38.0 Å². The average molecular weight is 257 g/mol. The Hall–Kier alpha value is -0.640. The summed E-state index contributed by atoms with van der Waals surface area (Å²) in [5.74, 6) is -0.260. The van der Waals surface area contributed by atoms with Gasteiger partial charge in [-0.25, -0.2) is 4.39 Å². The van der Waals surface area contributed by atoms with Crippen LogP contribution in [0.2, 0.25) is 5.02 Å². The Kier molecular flexibility index (Phi) is 3.71. The third kappa shape index (κ3) is 2.32. The first-order chi connectivity index (χ1) is 8.09. The number of halogens is 2. The molecular weight excluding hydrogens is 239 g/mol. The monoisotopic (exact) mass is 256 g/mol. The number of benzene rings is 1. The molecule has 17 heavy (non-hydrogen) atoms. The maximum Gasteiger partial charge on any atom is 0.128 e. The van der Waals surface area contributed by atoms with Crippen LogP contribution in [-0.2, 0) is 0 Å². The minimum absolute atomic E-state index is 0.0136. The number of hydrogen-bond donors (Lipinski definition) is 2. The molecule has 1 aromatic carbocycles. The van der Waals surface area contributed by atoms with Crippen LogP contribution in [0.25, 0.3) is 0 Å². The first kappa shape index (κ1) is 12.8. The number of nitrogens with two attached hydrogens (primary N) is 1. The van der Waals surface area contributed by atoms with Crippen molar-refractivity contribution >= 4 is 11.6 Å². The Morgan fingerprint density at radius 1 is 1.53 bits per heavy atom. The molecule has 3 N–H and O–H groups in total. The standard InChI is InChI=1S/C13H18ClFN2/c1-17-8-13(5-2-6-13)12(16)10-7-9(14)3-4-11(10)15/h3-4,7,12,17H,2,5-6,8,16H2,1H3. The molecule has 0 saturated heterocycles. The highest BCUT2D eigenvalue weighted by Crippen LogP contribution is 2.49. The largest absolute Gasteiger partial charge is 0.323 e. The second-order valence-electron chi connectivity index (χ2n) is 4.89. The summed E-state index contributed by atoms with van der Waals surface area (Å²) >= 11 is 5.91. The molecule has 0 heterocycles. The van der Waals surface area contributed by atoms with Gasteiger partial charge in [-0.15, -0.1) is 0 Å². The molecule has 1 aromatic rings. The molecule has 4 heteroatoms. The van der Waals surface area contributed by atoms with Gasteiger partial charge in [-0.3, -0.25) is 0 Å². The van der Waals surface area contributed by atoms with E-state index in [2.05, 4.69) is 5.32 Å². The SMILES string of the molecule is CNCC1(C(N)c2cc(Cl)ccc2F)CCC1. The van der Waals surface area contributed by atoms with Gasteiger partial charge in [0.25, 0.3) is 0 Å². The van der Waals surface area contributed by atoms with Crippen LogP contribution in [0.15, 0.2) is 18.2 Å². The van der Waals surface area contributed by atoms with Crippen molar-refractivity contribution in [3.05, 3.63) is 34.6 Å². The minimum atomic E-state index is -0.289. The zero-order valence-electron chi connectivity index (χ0n) is 9.97. The molecule has 0 radical (unpaired) electrons. The number of nitrogens with one attached hydrogen (secondary N) is 1. The predicted octanol–water partition coefficient (Wildman–Crippen LogP) is 2.87. The molecule has 1 aliphatic carbocycles. The number of hydrogen-bond acceptors (Lipinski definition) is 2. The van der Waals surface area contributed by atoms with E-state index in [1.807, 2.05) is 7.05 Å². The molecule has 94 valence electrons. The maximum absolute atomic E-state index is 13.8. The van der Waals surface area contributed by atoms with Crippen molar-refractivity contribution < 1.29 is 4.39 Å². The molecule has 2 nitrogen and oxygen atoms in total. The fraction of sp³-hybridized carbons (Fsp3) is 0.538. The van der Waals surface area contributed by atoms with E-state index in [1.165, 1.54) is 6.07 Å². The zero-order valence-corrected chi connectivity index (χ0v) is 10.7. The van der Waals surface area contributed by atoms with E-state index in [1.54, 1.807) is 12.1 Å². The highest BCUT2D eigenvalue weighted by molar-refractivity contribution is 6.30. The quantitative estimate of drug-likeness (QED) is 0.869. The highest BCUT2D eigenvalue weighted by Gasteiger charge is 2.43. The first-order valence-electron chi connectivity index (χ1n) is 5.94. The molecule has 0 aromatic heterocycles. The summed E-state index contributed by atoms with van der Waals surface area (Å²) in [4.78, 5) is 0. The summed E-state index contributed by atoms with van der Waals surface area (Å²) in [6.45, 7) is 0.820. The Bertz CT molecular complexity index is 404. The van der Waals surface area contributed by atoms with Crippen molar-refractivity contribution in [3.63, 3.8) is 0 Å². The van der Waals surface area contributed by atoms with Crippen molar-refractivity contribution in [1.82, 2.24) is 5.32 Å². The van der Waals surface area contributed by atoms with Gasteiger partial charge in [-0.1, -0.05) is 18.0 Å². The minimum Gasteiger partial charge on any atom is -0.323 e. The molecule has 0 amide bonds. The van der Waals surface area contributed by atoms with Crippen LogP contribution in [0.3, 0.4) is 0 Å². The van der Waals surface area contributed by atoms with Gasteiger partial charge in [0.15, 0.2) is 0 Å². The number of rotatable bonds is 4. The Morgan fingerprint density at radius 2 is 2.24 bits per heavy atom. The lowest BCUT2D eigenvalue weighted by Crippen LogP contribution is -2.47. The molecule has 1 aliphatic rings. The van der Waals surface area contributed by atoms with Gasteiger partial charge in [0.2, 0.25) is 0 Å². The van der Waals surface area contributed by atoms with Crippen LogP contribution in [0.5, 0.6) is 0 Å². The van der Waals surface area contributed by atoms with Crippen LogP contribution in [0, 0.1) is 11.2 Å². The maximum atomic E-state index is 13.8. The van der Waals surface area contributed by atoms with Gasteiger partial charge in [-0.05, 0) is 38.1 Å². The van der Waals surface area contributed by atoms with Crippen molar-refractivity contribution in [2.75, 3.05) is 13.6 Å². The van der Waals surface area contributed by atoms with Crippen LogP contribution in [-0.4, -0.2) is 13.6 Å². The fourth-order valence-electron chi connectivity index (χ4n) is 2.66. The second-order valence-corrected chi connectivity index (χ2v) is 5.33. The van der Waals surface area contributed by atoms with Crippen molar-refractivity contribution in [2.45, 2.75) is 25.3 Å². The Morgan fingerprint density at radius 3 is 2.76 bits per heavy atom. The second kappa shape index (κ2) is 4.92. The van der Waals surface area contributed by atoms with Crippen LogP contribution in [0.4, 0.5) is 4.39 Å². The van der Waals surface area contributed by atoms with Gasteiger partial charge < -0.3 is 11.1 Å². The van der Waals surface area contributed by atoms with Crippen molar-refractivity contribution in [2.24, 2.45) is 11.1 Å². The van der Waals surface area contributed by atoms with Gasteiger partial charge in [-0.2, -0.15) is 0 Å². The summed E-state index contributed by atoms with van der Waals surface area (Å²) < 4.78 is 13.8. The van der Waals surface area contributed by atoms with E-state index in [4.69, 9.17) is 17.3 Å². The van der Waals surface area contributed by atoms with Crippen LogP contribution < -0.4 is 11.1 Å². The zero-order chi connectivity index (χ0) is 12.5. The van der Waals surface area contributed by atoms with Crippen LogP contribution >= 0.6 is 11.6 Å². The van der Waals surface area contributed by atoms with Gasteiger partial charge >= 0.3 is 0 Å². The van der Waals surface area contributed by atoms with Gasteiger partial charge in [0, 0.05) is 28.6 Å². The van der Waals surface area contributed by atoms with E-state index in [0.717, 1.165) is 25.8 Å². The molecule has 1 atom stereocenters. The van der Waals surface area contributed by atoms with Crippen molar-refractivity contribution in [3.8, 4) is 0 Å². The molecule has 0 aliphatic heterocycles. The summed E-state index contributed by atoms with van der Waals surface area (Å²) in [6, 6.07) is 4.31. The first-order valence-corrected chi connectivity index (χ1v) is 6.32. The van der Waals surface area contributed by atoms with Crippen LogP contribution in [0.1, 0.15) is 30.9 Å². The third-order valence-electron chi connectivity index (χ3n) is 3.83. The summed E-state index contributed by atoms with van der Waals surface area (Å²) in [5.41, 5.74) is 6.77. The lowest BCUT2D eigenvalue weighted by atomic mass is 9.62. The predicted molar refractivity (Wildman–Crippen MR) is 68.5 cm³/mol. The van der Waals surface area contributed by atoms with E-state index in [9.17, 15) is 4.39 Å². The Balaban J connectivity index is 2.29. The third-order valence-corrected chi connectivity index (χ3v) is 4.07. The van der Waals surface area contributed by atoms with E-state index in [-0.39, 0.29) is 17.3 Å². The van der Waals surface area contributed by atoms with Gasteiger partial charge in [0.05, 0.1) is 0 Å².